The lowest BCUT2D eigenvalue weighted by atomic mass is 10.0. The summed E-state index contributed by atoms with van der Waals surface area (Å²) in [6, 6.07) is 4.14. The highest BCUT2D eigenvalue weighted by atomic mass is 16.4. The van der Waals surface area contributed by atoms with Crippen LogP contribution in [-0.4, -0.2) is 86.7 Å². The molecule has 35 heavy (non-hydrogen) atoms. The number of aliphatic hydroxyl groups is 1. The van der Waals surface area contributed by atoms with Crippen LogP contribution in [0.25, 0.3) is 0 Å². The fraction of sp³-hybridized carbons (Fsp3) is 0.522. The standard InChI is InChI=1S/C23H32N4O8/c1-13(28)19(23(34)35)26-21(32)17-8-5-11-27(17)22(33)16(12-14-6-3-2-4-7-14)25-20(31)15(24)9-10-18(29)30/h2-4,6-7,13,15-17,19,28H,5,8-12,24H2,1H3,(H,25,31)(H,26,32)(H,29,30)(H,34,35). The van der Waals surface area contributed by atoms with Gasteiger partial charge in [0.25, 0.3) is 0 Å². The van der Waals surface area contributed by atoms with Crippen LogP contribution in [0, 0.1) is 0 Å². The van der Waals surface area contributed by atoms with Crippen molar-refractivity contribution in [2.75, 3.05) is 6.54 Å². The summed E-state index contributed by atoms with van der Waals surface area (Å²) in [5, 5.41) is 32.6. The molecule has 12 nitrogen and oxygen atoms in total. The van der Waals surface area contributed by atoms with Gasteiger partial charge >= 0.3 is 11.9 Å². The molecule has 3 amide bonds. The van der Waals surface area contributed by atoms with Crippen LogP contribution in [-0.2, 0) is 30.4 Å². The van der Waals surface area contributed by atoms with Gasteiger partial charge in [0.2, 0.25) is 17.7 Å². The van der Waals surface area contributed by atoms with Crippen LogP contribution in [0.1, 0.15) is 38.2 Å². The molecule has 2 rings (SSSR count). The average molecular weight is 493 g/mol. The van der Waals surface area contributed by atoms with E-state index in [2.05, 4.69) is 10.6 Å². The Morgan fingerprint density at radius 1 is 1.11 bits per heavy atom. The predicted molar refractivity (Wildman–Crippen MR) is 123 cm³/mol. The van der Waals surface area contributed by atoms with Crippen LogP contribution >= 0.6 is 0 Å². The minimum absolute atomic E-state index is 0.104. The largest absolute Gasteiger partial charge is 0.481 e. The number of aliphatic carboxylic acids is 2. The van der Waals surface area contributed by atoms with Crippen molar-refractivity contribution in [1.82, 2.24) is 15.5 Å². The maximum Gasteiger partial charge on any atom is 0.328 e. The summed E-state index contributed by atoms with van der Waals surface area (Å²) in [5.74, 6) is -4.47. The van der Waals surface area contributed by atoms with Gasteiger partial charge in [0.1, 0.15) is 12.1 Å². The highest BCUT2D eigenvalue weighted by Crippen LogP contribution is 2.20. The number of hydrogen-bond donors (Lipinski definition) is 6. The van der Waals surface area contributed by atoms with Crippen LogP contribution in [0.3, 0.4) is 0 Å². The molecule has 1 saturated heterocycles. The number of nitrogens with one attached hydrogen (secondary N) is 2. The molecule has 0 saturated carbocycles. The van der Waals surface area contributed by atoms with Gasteiger partial charge in [-0.1, -0.05) is 30.3 Å². The van der Waals surface area contributed by atoms with Crippen LogP contribution in [0.4, 0.5) is 0 Å². The van der Waals surface area contributed by atoms with Crippen molar-refractivity contribution in [3.05, 3.63) is 35.9 Å². The van der Waals surface area contributed by atoms with E-state index in [1.165, 1.54) is 11.8 Å². The van der Waals surface area contributed by atoms with Crippen LogP contribution in [0.5, 0.6) is 0 Å². The second-order valence-electron chi connectivity index (χ2n) is 8.54. The molecule has 0 radical (unpaired) electrons. The summed E-state index contributed by atoms with van der Waals surface area (Å²) in [5.41, 5.74) is 6.55. The van der Waals surface area contributed by atoms with Gasteiger partial charge in [-0.2, -0.15) is 0 Å². The Morgan fingerprint density at radius 3 is 2.34 bits per heavy atom. The first-order chi connectivity index (χ1) is 16.5. The normalized spacial score (nSPS) is 18.7. The molecule has 1 fully saturated rings. The fourth-order valence-corrected chi connectivity index (χ4v) is 3.88. The Balaban J connectivity index is 2.20. The summed E-state index contributed by atoms with van der Waals surface area (Å²) < 4.78 is 0. The summed E-state index contributed by atoms with van der Waals surface area (Å²) in [7, 11) is 0. The van der Waals surface area contributed by atoms with Crippen molar-refractivity contribution in [3.63, 3.8) is 0 Å². The number of hydrogen-bond acceptors (Lipinski definition) is 7. The summed E-state index contributed by atoms with van der Waals surface area (Å²) in [4.78, 5) is 62.3. The Hall–Kier alpha value is -3.51. The SMILES string of the molecule is CC(O)C(NC(=O)C1CCCN1C(=O)C(Cc1ccccc1)NC(=O)C(N)CCC(=O)O)C(=O)O. The molecule has 0 aliphatic carbocycles. The first kappa shape index (κ1) is 27.7. The topological polar surface area (TPSA) is 199 Å². The Kier molecular flexibility index (Phi) is 10.2. The lowest BCUT2D eigenvalue weighted by Gasteiger charge is -2.30. The van der Waals surface area contributed by atoms with E-state index in [1.54, 1.807) is 30.3 Å². The Bertz CT molecular complexity index is 923. The van der Waals surface area contributed by atoms with Gasteiger partial charge in [0.15, 0.2) is 6.04 Å². The van der Waals surface area contributed by atoms with E-state index in [9.17, 15) is 34.2 Å². The summed E-state index contributed by atoms with van der Waals surface area (Å²) >= 11 is 0. The molecular formula is C23H32N4O8. The minimum Gasteiger partial charge on any atom is -0.481 e. The zero-order chi connectivity index (χ0) is 26.1. The molecule has 5 atom stereocenters. The number of carboxylic acids is 2. The molecule has 5 unspecified atom stereocenters. The maximum absolute atomic E-state index is 13.5. The summed E-state index contributed by atoms with van der Waals surface area (Å²) in [6.07, 6.45) is -0.895. The third-order valence-electron chi connectivity index (χ3n) is 5.79. The van der Waals surface area contributed by atoms with E-state index in [0.717, 1.165) is 5.56 Å². The lowest BCUT2D eigenvalue weighted by molar-refractivity contribution is -0.147. The Morgan fingerprint density at radius 2 is 1.77 bits per heavy atom. The van der Waals surface area contributed by atoms with E-state index >= 15 is 0 Å². The van der Waals surface area contributed by atoms with Gasteiger partial charge in [0.05, 0.1) is 12.1 Å². The molecule has 0 bridgehead atoms. The van der Waals surface area contributed by atoms with Gasteiger partial charge in [-0.3, -0.25) is 19.2 Å². The molecule has 0 aromatic heterocycles. The lowest BCUT2D eigenvalue weighted by Crippen LogP contribution is -2.58. The van der Waals surface area contributed by atoms with Crippen molar-refractivity contribution in [1.29, 1.82) is 0 Å². The number of benzene rings is 1. The number of likely N-dealkylation sites (tertiary alicyclic amines) is 1. The molecule has 1 aliphatic heterocycles. The molecule has 192 valence electrons. The zero-order valence-corrected chi connectivity index (χ0v) is 19.4. The van der Waals surface area contributed by atoms with Gasteiger partial charge in [-0.25, -0.2) is 4.79 Å². The van der Waals surface area contributed by atoms with Crippen molar-refractivity contribution < 1.29 is 39.3 Å². The second kappa shape index (κ2) is 12.8. The smallest absolute Gasteiger partial charge is 0.328 e. The van der Waals surface area contributed by atoms with Crippen molar-refractivity contribution in [2.24, 2.45) is 5.73 Å². The molecule has 1 heterocycles. The predicted octanol–water partition coefficient (Wildman–Crippen LogP) is -1.15. The quantitative estimate of drug-likeness (QED) is 0.208. The molecule has 7 N–H and O–H groups in total. The fourth-order valence-electron chi connectivity index (χ4n) is 3.88. The number of nitrogens with zero attached hydrogens (tertiary/aromatic N) is 1. The molecule has 1 aromatic carbocycles. The van der Waals surface area contributed by atoms with E-state index in [1.807, 2.05) is 0 Å². The van der Waals surface area contributed by atoms with Crippen LogP contribution in [0.15, 0.2) is 30.3 Å². The zero-order valence-electron chi connectivity index (χ0n) is 19.4. The van der Waals surface area contributed by atoms with Gasteiger partial charge in [-0.15, -0.1) is 0 Å². The first-order valence-electron chi connectivity index (χ1n) is 11.3. The molecule has 1 aliphatic rings. The van der Waals surface area contributed by atoms with Gasteiger partial charge < -0.3 is 36.6 Å². The minimum atomic E-state index is -1.54. The number of rotatable bonds is 12. The van der Waals surface area contributed by atoms with E-state index in [-0.39, 0.29) is 32.2 Å². The third kappa shape index (κ3) is 8.04. The number of carbonyl (C=O) groups excluding carboxylic acids is 3. The first-order valence-corrected chi connectivity index (χ1v) is 11.3. The summed E-state index contributed by atoms with van der Waals surface area (Å²) in [6.45, 7) is 1.45. The highest BCUT2D eigenvalue weighted by molar-refractivity contribution is 5.94. The van der Waals surface area contributed by atoms with E-state index in [0.29, 0.717) is 6.42 Å². The number of aliphatic hydroxyl groups excluding tert-OH is 1. The van der Waals surface area contributed by atoms with Crippen molar-refractivity contribution in [2.45, 2.75) is 69.3 Å². The molecule has 1 aromatic rings. The molecular weight excluding hydrogens is 460 g/mol. The highest BCUT2D eigenvalue weighted by Gasteiger charge is 2.39. The van der Waals surface area contributed by atoms with E-state index < -0.39 is 59.9 Å². The van der Waals surface area contributed by atoms with Crippen molar-refractivity contribution >= 4 is 29.7 Å². The number of nitrogens with two attached hydrogens (primary N) is 1. The average Bonchev–Trinajstić information content (AvgIpc) is 3.30. The van der Waals surface area contributed by atoms with E-state index in [4.69, 9.17) is 10.8 Å². The van der Waals surface area contributed by atoms with Crippen molar-refractivity contribution in [3.8, 4) is 0 Å². The third-order valence-corrected chi connectivity index (χ3v) is 5.79. The number of carboxylic acid groups (broad SMARTS) is 2. The van der Waals surface area contributed by atoms with Crippen LogP contribution in [0.2, 0.25) is 0 Å². The monoisotopic (exact) mass is 492 g/mol. The number of carbonyl (C=O) groups is 5. The van der Waals surface area contributed by atoms with Gasteiger partial charge in [0, 0.05) is 19.4 Å². The van der Waals surface area contributed by atoms with Crippen LogP contribution < -0.4 is 16.4 Å². The molecule has 0 spiro atoms. The molecule has 12 heteroatoms. The second-order valence-corrected chi connectivity index (χ2v) is 8.54. The maximum atomic E-state index is 13.5. The Labute approximate surface area is 202 Å². The number of amides is 3. The van der Waals surface area contributed by atoms with Gasteiger partial charge in [-0.05, 0) is 31.7 Å².